The fourth-order valence-corrected chi connectivity index (χ4v) is 3.78. The smallest absolute Gasteiger partial charge is 0.268 e. The second-order valence-corrected chi connectivity index (χ2v) is 8.66. The van der Waals surface area contributed by atoms with E-state index in [2.05, 4.69) is 0 Å². The summed E-state index contributed by atoms with van der Waals surface area (Å²) in [5.74, 6) is -0.111. The predicted molar refractivity (Wildman–Crippen MR) is 118 cm³/mol. The highest BCUT2D eigenvalue weighted by atomic mass is 17.2. The van der Waals surface area contributed by atoms with Gasteiger partial charge in [0.15, 0.2) is 0 Å². The average molecular weight is 402 g/mol. The number of fused-ring (bicyclic) bond motifs is 1. The monoisotopic (exact) mass is 401 g/mol. The van der Waals surface area contributed by atoms with Crippen LogP contribution in [-0.4, -0.2) is 11.5 Å². The molecule has 1 aliphatic heterocycles. The molecule has 1 atom stereocenters. The van der Waals surface area contributed by atoms with E-state index >= 15 is 0 Å². The van der Waals surface area contributed by atoms with E-state index in [4.69, 9.17) is 9.78 Å². The van der Waals surface area contributed by atoms with E-state index in [1.165, 1.54) is 0 Å². The van der Waals surface area contributed by atoms with Gasteiger partial charge >= 0.3 is 0 Å². The van der Waals surface area contributed by atoms with Crippen molar-refractivity contribution in [3.8, 4) is 0 Å². The van der Waals surface area contributed by atoms with E-state index in [-0.39, 0.29) is 5.91 Å². The van der Waals surface area contributed by atoms with Crippen molar-refractivity contribution in [1.29, 1.82) is 0 Å². The zero-order valence-corrected chi connectivity index (χ0v) is 17.7. The van der Waals surface area contributed by atoms with Crippen LogP contribution in [0.4, 0.5) is 5.69 Å². The largest absolute Gasteiger partial charge is 0.305 e. The third kappa shape index (κ3) is 4.02. The fourth-order valence-electron chi connectivity index (χ4n) is 3.78. The first-order valence-corrected chi connectivity index (χ1v) is 10.3. The molecule has 0 spiro atoms. The van der Waals surface area contributed by atoms with Crippen molar-refractivity contribution in [2.45, 2.75) is 44.9 Å². The number of para-hydroxylation sites is 1. The molecule has 0 saturated carbocycles. The maximum absolute atomic E-state index is 13.9. The standard InChI is InChI=1S/C26H27NO3/c1-25(2,3)29-30-26(18-20-12-6-4-7-13-20)22-16-10-11-17-23(22)27(24(26)28)19-21-14-8-5-9-15-21/h4-17H,18-19H2,1-3H3. The van der Waals surface area contributed by atoms with Crippen LogP contribution in [0.2, 0.25) is 0 Å². The zero-order valence-electron chi connectivity index (χ0n) is 17.7. The molecule has 0 fully saturated rings. The highest BCUT2D eigenvalue weighted by Gasteiger charge is 2.54. The molecule has 4 rings (SSSR count). The summed E-state index contributed by atoms with van der Waals surface area (Å²) in [7, 11) is 0. The van der Waals surface area contributed by atoms with Gasteiger partial charge in [-0.2, -0.15) is 0 Å². The van der Waals surface area contributed by atoms with Gasteiger partial charge in [-0.25, -0.2) is 9.78 Å². The van der Waals surface area contributed by atoms with Gasteiger partial charge < -0.3 is 4.90 Å². The van der Waals surface area contributed by atoms with Crippen LogP contribution in [0, 0.1) is 0 Å². The molecule has 0 aliphatic carbocycles. The SMILES string of the molecule is CC(C)(C)OOC1(Cc2ccccc2)C(=O)N(Cc2ccccc2)c2ccccc21. The molecule has 4 nitrogen and oxygen atoms in total. The summed E-state index contributed by atoms with van der Waals surface area (Å²) in [6, 6.07) is 27.8. The lowest BCUT2D eigenvalue weighted by Crippen LogP contribution is -2.45. The molecule has 0 N–H and O–H groups in total. The summed E-state index contributed by atoms with van der Waals surface area (Å²) in [5.41, 5.74) is 1.98. The summed E-state index contributed by atoms with van der Waals surface area (Å²) >= 11 is 0. The quantitative estimate of drug-likeness (QED) is 0.409. The van der Waals surface area contributed by atoms with Gasteiger partial charge in [-0.3, -0.25) is 4.79 Å². The Morgan fingerprint density at radius 3 is 2.00 bits per heavy atom. The van der Waals surface area contributed by atoms with Gasteiger partial charge in [0.2, 0.25) is 5.60 Å². The average Bonchev–Trinajstić information content (AvgIpc) is 2.97. The molecule has 30 heavy (non-hydrogen) atoms. The molecule has 0 bridgehead atoms. The highest BCUT2D eigenvalue weighted by Crippen LogP contribution is 2.46. The predicted octanol–water partition coefficient (Wildman–Crippen LogP) is 5.42. The zero-order chi connectivity index (χ0) is 21.2. The van der Waals surface area contributed by atoms with E-state index < -0.39 is 11.2 Å². The van der Waals surface area contributed by atoms with Crippen LogP contribution in [0.3, 0.4) is 0 Å². The molecule has 3 aromatic rings. The number of hydrogen-bond donors (Lipinski definition) is 0. The minimum Gasteiger partial charge on any atom is -0.305 e. The molecule has 154 valence electrons. The lowest BCUT2D eigenvalue weighted by Gasteiger charge is -2.31. The number of carbonyl (C=O) groups is 1. The van der Waals surface area contributed by atoms with Crippen LogP contribution >= 0.6 is 0 Å². The van der Waals surface area contributed by atoms with Crippen LogP contribution in [0.25, 0.3) is 0 Å². The molecule has 0 aromatic heterocycles. The van der Waals surface area contributed by atoms with Gasteiger partial charge in [0, 0.05) is 12.0 Å². The Balaban J connectivity index is 1.78. The molecule has 3 aromatic carbocycles. The van der Waals surface area contributed by atoms with Gasteiger partial charge in [-0.1, -0.05) is 78.9 Å². The van der Waals surface area contributed by atoms with Crippen LogP contribution < -0.4 is 4.90 Å². The molecule has 1 unspecified atom stereocenters. The number of amides is 1. The maximum atomic E-state index is 13.9. The van der Waals surface area contributed by atoms with Crippen LogP contribution in [0.15, 0.2) is 84.9 Å². The van der Waals surface area contributed by atoms with Gasteiger partial charge in [-0.15, -0.1) is 0 Å². The van der Waals surface area contributed by atoms with Crippen molar-refractivity contribution in [3.05, 3.63) is 102 Å². The van der Waals surface area contributed by atoms with Crippen LogP contribution in [0.5, 0.6) is 0 Å². The summed E-state index contributed by atoms with van der Waals surface area (Å²) < 4.78 is 0. The lowest BCUT2D eigenvalue weighted by atomic mass is 9.88. The Hall–Kier alpha value is -2.95. The molecular weight excluding hydrogens is 374 g/mol. The van der Waals surface area contributed by atoms with Crippen molar-refractivity contribution in [2.24, 2.45) is 0 Å². The van der Waals surface area contributed by atoms with Crippen LogP contribution in [0.1, 0.15) is 37.5 Å². The first-order chi connectivity index (χ1) is 14.4. The second-order valence-electron chi connectivity index (χ2n) is 8.66. The third-order valence-electron chi connectivity index (χ3n) is 5.13. The number of anilines is 1. The van der Waals surface area contributed by atoms with Gasteiger partial charge in [0.1, 0.15) is 0 Å². The normalized spacial score (nSPS) is 18.5. The van der Waals surface area contributed by atoms with Crippen molar-refractivity contribution in [2.75, 3.05) is 4.90 Å². The molecule has 1 amide bonds. The summed E-state index contributed by atoms with van der Waals surface area (Å²) in [5, 5.41) is 0. The van der Waals surface area contributed by atoms with Crippen molar-refractivity contribution >= 4 is 11.6 Å². The number of hydrogen-bond acceptors (Lipinski definition) is 3. The van der Waals surface area contributed by atoms with E-state index in [1.54, 1.807) is 4.90 Å². The number of carbonyl (C=O) groups excluding carboxylic acids is 1. The van der Waals surface area contributed by atoms with Crippen molar-refractivity contribution < 1.29 is 14.6 Å². The molecule has 4 heteroatoms. The minimum atomic E-state index is -1.24. The molecule has 0 radical (unpaired) electrons. The number of benzene rings is 3. The van der Waals surface area contributed by atoms with E-state index in [9.17, 15) is 4.79 Å². The molecule has 1 aliphatic rings. The topological polar surface area (TPSA) is 38.8 Å². The molecule has 1 heterocycles. The summed E-state index contributed by atoms with van der Waals surface area (Å²) in [6.07, 6.45) is 0.394. The lowest BCUT2D eigenvalue weighted by molar-refractivity contribution is -0.397. The molecular formula is C26H27NO3. The number of nitrogens with zero attached hydrogens (tertiary/aromatic N) is 1. The fraction of sp³-hybridized carbons (Fsp3) is 0.269. The Morgan fingerprint density at radius 2 is 1.37 bits per heavy atom. The summed E-state index contributed by atoms with van der Waals surface area (Å²) in [6.45, 7) is 6.22. The van der Waals surface area contributed by atoms with Gasteiger partial charge in [0.25, 0.3) is 5.91 Å². The third-order valence-corrected chi connectivity index (χ3v) is 5.13. The Bertz CT molecular complexity index is 1010. The first-order valence-electron chi connectivity index (χ1n) is 10.3. The van der Waals surface area contributed by atoms with E-state index in [0.29, 0.717) is 13.0 Å². The Kier molecular flexibility index (Phi) is 5.46. The Morgan fingerprint density at radius 1 is 0.800 bits per heavy atom. The Labute approximate surface area is 178 Å². The van der Waals surface area contributed by atoms with E-state index in [0.717, 1.165) is 22.4 Å². The number of rotatable bonds is 6. The van der Waals surface area contributed by atoms with Crippen molar-refractivity contribution in [3.63, 3.8) is 0 Å². The van der Waals surface area contributed by atoms with Crippen molar-refractivity contribution in [1.82, 2.24) is 0 Å². The summed E-state index contributed by atoms with van der Waals surface area (Å²) in [4.78, 5) is 27.6. The minimum absolute atomic E-state index is 0.111. The maximum Gasteiger partial charge on any atom is 0.268 e. The van der Waals surface area contributed by atoms with E-state index in [1.807, 2.05) is 106 Å². The van der Waals surface area contributed by atoms with Crippen LogP contribution in [-0.2, 0) is 33.1 Å². The van der Waals surface area contributed by atoms with Gasteiger partial charge in [0.05, 0.1) is 17.8 Å². The first kappa shape index (κ1) is 20.3. The van der Waals surface area contributed by atoms with Gasteiger partial charge in [-0.05, 0) is 38.0 Å². The molecule has 0 saturated heterocycles. The highest BCUT2D eigenvalue weighted by molar-refractivity contribution is 6.07. The second kappa shape index (κ2) is 8.05.